The zero-order chi connectivity index (χ0) is 17.9. The minimum atomic E-state index is -0.518. The number of methoxy groups -OCH3 is 1. The number of aryl methyl sites for hydroxylation is 1. The first kappa shape index (κ1) is 17.5. The number of carbonyl (C=O) groups excluding carboxylic acids is 2. The molecule has 2 rings (SSSR count). The van der Waals surface area contributed by atoms with Crippen LogP contribution in [0.1, 0.15) is 38.1 Å². The molecule has 8 nitrogen and oxygen atoms in total. The van der Waals surface area contributed by atoms with Gasteiger partial charge in [-0.05, 0) is 19.4 Å². The number of ether oxygens (including phenoxy) is 2. The normalized spacial score (nSPS) is 10.1. The van der Waals surface area contributed by atoms with Crippen molar-refractivity contribution >= 4 is 28.2 Å². The SMILES string of the molecule is CCOC(=O)c1sc(NC(=O)c2cn(C)nc2OC)c(C#N)c1C. The lowest BCUT2D eigenvalue weighted by molar-refractivity contribution is 0.0531. The molecular weight excluding hydrogens is 332 g/mol. The number of nitrogens with zero attached hydrogens (tertiary/aromatic N) is 3. The Bertz CT molecular complexity index is 831. The zero-order valence-corrected chi connectivity index (χ0v) is 14.5. The lowest BCUT2D eigenvalue weighted by Crippen LogP contribution is -2.12. The van der Waals surface area contributed by atoms with Gasteiger partial charge in [0, 0.05) is 13.2 Å². The van der Waals surface area contributed by atoms with E-state index in [-0.39, 0.29) is 28.6 Å². The smallest absolute Gasteiger partial charge is 0.348 e. The maximum atomic E-state index is 12.4. The fraction of sp³-hybridized carbons (Fsp3) is 0.333. The van der Waals surface area contributed by atoms with Crippen molar-refractivity contribution in [2.75, 3.05) is 19.0 Å². The highest BCUT2D eigenvalue weighted by Crippen LogP contribution is 2.33. The predicted molar refractivity (Wildman–Crippen MR) is 87.4 cm³/mol. The van der Waals surface area contributed by atoms with Gasteiger partial charge < -0.3 is 14.8 Å². The van der Waals surface area contributed by atoms with Gasteiger partial charge in [0.05, 0.1) is 19.3 Å². The van der Waals surface area contributed by atoms with Gasteiger partial charge in [-0.3, -0.25) is 9.48 Å². The van der Waals surface area contributed by atoms with E-state index in [2.05, 4.69) is 10.4 Å². The molecule has 0 fully saturated rings. The van der Waals surface area contributed by atoms with Crippen molar-refractivity contribution in [1.82, 2.24) is 9.78 Å². The second kappa shape index (κ2) is 7.14. The standard InChI is InChI=1S/C15H16N4O4S/c1-5-23-15(21)11-8(2)9(6-16)14(24-11)17-12(20)10-7-19(3)18-13(10)22-4/h7H,5H2,1-4H3,(H,17,20). The molecular formula is C15H16N4O4S. The number of nitrogens with one attached hydrogen (secondary N) is 1. The Kier molecular flexibility index (Phi) is 5.21. The predicted octanol–water partition coefficient (Wildman–Crippen LogP) is 2.10. The van der Waals surface area contributed by atoms with Crippen LogP contribution >= 0.6 is 11.3 Å². The van der Waals surface area contributed by atoms with Crippen LogP contribution in [0.5, 0.6) is 5.88 Å². The van der Waals surface area contributed by atoms with E-state index in [1.54, 1.807) is 20.9 Å². The van der Waals surface area contributed by atoms with Gasteiger partial charge in [-0.25, -0.2) is 4.79 Å². The molecule has 24 heavy (non-hydrogen) atoms. The van der Waals surface area contributed by atoms with Crippen LogP contribution < -0.4 is 10.1 Å². The summed E-state index contributed by atoms with van der Waals surface area (Å²) in [4.78, 5) is 24.7. The molecule has 0 radical (unpaired) electrons. The highest BCUT2D eigenvalue weighted by Gasteiger charge is 2.24. The average molecular weight is 348 g/mol. The largest absolute Gasteiger partial charge is 0.479 e. The minimum Gasteiger partial charge on any atom is -0.479 e. The van der Waals surface area contributed by atoms with Crippen LogP contribution in [0.15, 0.2) is 6.20 Å². The molecule has 2 heterocycles. The van der Waals surface area contributed by atoms with Gasteiger partial charge in [0.25, 0.3) is 5.91 Å². The van der Waals surface area contributed by atoms with Crippen molar-refractivity contribution in [2.45, 2.75) is 13.8 Å². The molecule has 0 saturated heterocycles. The molecule has 1 N–H and O–H groups in total. The van der Waals surface area contributed by atoms with Gasteiger partial charge in [-0.1, -0.05) is 0 Å². The summed E-state index contributed by atoms with van der Waals surface area (Å²) in [6.45, 7) is 3.57. The molecule has 2 aromatic rings. The lowest BCUT2D eigenvalue weighted by Gasteiger charge is -2.02. The fourth-order valence-electron chi connectivity index (χ4n) is 2.07. The molecule has 2 aromatic heterocycles. The van der Waals surface area contributed by atoms with E-state index in [1.165, 1.54) is 18.0 Å². The molecule has 0 saturated carbocycles. The van der Waals surface area contributed by atoms with Gasteiger partial charge in [0.15, 0.2) is 0 Å². The molecule has 0 aliphatic heterocycles. The molecule has 0 atom stereocenters. The van der Waals surface area contributed by atoms with E-state index in [4.69, 9.17) is 9.47 Å². The second-order valence-corrected chi connectivity index (χ2v) is 5.79. The summed E-state index contributed by atoms with van der Waals surface area (Å²) in [7, 11) is 3.07. The van der Waals surface area contributed by atoms with E-state index < -0.39 is 11.9 Å². The number of hydrogen-bond donors (Lipinski definition) is 1. The Labute approximate surface area is 142 Å². The van der Waals surface area contributed by atoms with Crippen LogP contribution in [-0.4, -0.2) is 35.4 Å². The summed E-state index contributed by atoms with van der Waals surface area (Å²) in [5.41, 5.74) is 0.946. The summed E-state index contributed by atoms with van der Waals surface area (Å²) in [5.74, 6) is -0.823. The third-order valence-corrected chi connectivity index (χ3v) is 4.37. The highest BCUT2D eigenvalue weighted by atomic mass is 32.1. The maximum Gasteiger partial charge on any atom is 0.348 e. The van der Waals surface area contributed by atoms with Crippen molar-refractivity contribution < 1.29 is 19.1 Å². The fourth-order valence-corrected chi connectivity index (χ4v) is 3.12. The Balaban J connectivity index is 2.35. The van der Waals surface area contributed by atoms with E-state index in [0.717, 1.165) is 11.3 Å². The van der Waals surface area contributed by atoms with Crippen LogP contribution in [0, 0.1) is 18.3 Å². The van der Waals surface area contributed by atoms with Gasteiger partial charge in [0.2, 0.25) is 5.88 Å². The number of carbonyl (C=O) groups is 2. The topological polar surface area (TPSA) is 106 Å². The lowest BCUT2D eigenvalue weighted by atomic mass is 10.1. The monoisotopic (exact) mass is 348 g/mol. The molecule has 126 valence electrons. The molecule has 0 unspecified atom stereocenters. The summed E-state index contributed by atoms with van der Waals surface area (Å²) >= 11 is 1.01. The summed E-state index contributed by atoms with van der Waals surface area (Å²) in [5, 5.41) is 16.3. The number of anilines is 1. The van der Waals surface area contributed by atoms with Crippen molar-refractivity contribution in [3.05, 3.63) is 27.8 Å². The summed E-state index contributed by atoms with van der Waals surface area (Å²) < 4.78 is 11.5. The third-order valence-electron chi connectivity index (χ3n) is 3.18. The van der Waals surface area contributed by atoms with Crippen LogP contribution in [0.3, 0.4) is 0 Å². The maximum absolute atomic E-state index is 12.4. The first-order valence-corrected chi connectivity index (χ1v) is 7.84. The van der Waals surface area contributed by atoms with Crippen molar-refractivity contribution in [1.29, 1.82) is 5.26 Å². The quantitative estimate of drug-likeness (QED) is 0.829. The van der Waals surface area contributed by atoms with Gasteiger partial charge in [-0.2, -0.15) is 5.26 Å². The van der Waals surface area contributed by atoms with Crippen molar-refractivity contribution in [2.24, 2.45) is 7.05 Å². The van der Waals surface area contributed by atoms with Gasteiger partial charge in [0.1, 0.15) is 21.5 Å². The molecule has 0 aliphatic rings. The Morgan fingerprint density at radius 3 is 2.79 bits per heavy atom. The molecule has 0 aromatic carbocycles. The number of hydrogen-bond acceptors (Lipinski definition) is 7. The second-order valence-electron chi connectivity index (χ2n) is 4.77. The number of rotatable bonds is 5. The van der Waals surface area contributed by atoms with Crippen LogP contribution in [0.25, 0.3) is 0 Å². The molecule has 9 heteroatoms. The van der Waals surface area contributed by atoms with Crippen molar-refractivity contribution in [3.63, 3.8) is 0 Å². The van der Waals surface area contributed by atoms with Gasteiger partial charge in [-0.15, -0.1) is 16.4 Å². The first-order chi connectivity index (χ1) is 11.4. The Morgan fingerprint density at radius 2 is 2.21 bits per heavy atom. The van der Waals surface area contributed by atoms with Crippen LogP contribution in [0.2, 0.25) is 0 Å². The number of amides is 1. The van der Waals surface area contributed by atoms with Gasteiger partial charge >= 0.3 is 5.97 Å². The first-order valence-electron chi connectivity index (χ1n) is 7.02. The minimum absolute atomic E-state index is 0.174. The van der Waals surface area contributed by atoms with E-state index in [9.17, 15) is 14.9 Å². The molecule has 0 aliphatic carbocycles. The Hall–Kier alpha value is -2.86. The number of esters is 1. The van der Waals surface area contributed by atoms with E-state index in [0.29, 0.717) is 10.4 Å². The third kappa shape index (κ3) is 3.23. The van der Waals surface area contributed by atoms with Crippen molar-refractivity contribution in [3.8, 4) is 11.9 Å². The number of nitriles is 1. The number of thiophene rings is 1. The Morgan fingerprint density at radius 1 is 1.50 bits per heavy atom. The van der Waals surface area contributed by atoms with E-state index in [1.807, 2.05) is 6.07 Å². The molecule has 0 bridgehead atoms. The number of aromatic nitrogens is 2. The highest BCUT2D eigenvalue weighted by molar-refractivity contribution is 7.18. The van der Waals surface area contributed by atoms with Crippen LogP contribution in [-0.2, 0) is 11.8 Å². The zero-order valence-electron chi connectivity index (χ0n) is 13.7. The summed E-state index contributed by atoms with van der Waals surface area (Å²) in [6, 6.07) is 2.01. The molecule has 1 amide bonds. The van der Waals surface area contributed by atoms with E-state index >= 15 is 0 Å². The summed E-state index contributed by atoms with van der Waals surface area (Å²) in [6.07, 6.45) is 1.51. The van der Waals surface area contributed by atoms with Crippen LogP contribution in [0.4, 0.5) is 5.00 Å². The average Bonchev–Trinajstić information content (AvgIpc) is 3.07. The molecule has 0 spiro atoms.